The molecule has 0 aromatic carbocycles. The van der Waals surface area contributed by atoms with E-state index in [1.54, 1.807) is 4.68 Å². The summed E-state index contributed by atoms with van der Waals surface area (Å²) in [4.78, 5) is 9.21. The number of rotatable bonds is 2. The molecule has 0 spiro atoms. The van der Waals surface area contributed by atoms with Crippen molar-refractivity contribution in [2.75, 3.05) is 0 Å². The fourth-order valence-corrected chi connectivity index (χ4v) is 3.41. The van der Waals surface area contributed by atoms with Crippen LogP contribution in [0.15, 0.2) is 10.6 Å². The smallest absolute Gasteiger partial charge is 0.259 e. The molecular formula is C16H20N6O. The highest BCUT2D eigenvalue weighted by atomic mass is 16.5. The van der Waals surface area contributed by atoms with Crippen molar-refractivity contribution >= 4 is 11.0 Å². The number of nitrogens with two attached hydrogens (primary N) is 1. The molecule has 0 radical (unpaired) electrons. The van der Waals surface area contributed by atoms with Crippen LogP contribution in [0.2, 0.25) is 0 Å². The number of aryl methyl sites for hydroxylation is 3. The van der Waals surface area contributed by atoms with Crippen LogP contribution in [-0.2, 0) is 12.6 Å². The molecule has 0 amide bonds. The maximum atomic E-state index is 6.41. The second-order valence-corrected chi connectivity index (χ2v) is 6.49. The minimum absolute atomic E-state index is 0.447. The van der Waals surface area contributed by atoms with E-state index in [-0.39, 0.29) is 0 Å². The van der Waals surface area contributed by atoms with Gasteiger partial charge < -0.3 is 10.3 Å². The summed E-state index contributed by atoms with van der Waals surface area (Å²) < 4.78 is 7.28. The van der Waals surface area contributed by atoms with E-state index in [9.17, 15) is 0 Å². The third-order valence-corrected chi connectivity index (χ3v) is 4.79. The van der Waals surface area contributed by atoms with Gasteiger partial charge >= 0.3 is 0 Å². The summed E-state index contributed by atoms with van der Waals surface area (Å²) in [7, 11) is 1.89. The number of nitrogens with zero attached hydrogens (tertiary/aromatic N) is 5. The first-order valence-electron chi connectivity index (χ1n) is 7.92. The Labute approximate surface area is 133 Å². The van der Waals surface area contributed by atoms with Crippen LogP contribution in [-0.4, -0.2) is 24.9 Å². The van der Waals surface area contributed by atoms with Crippen molar-refractivity contribution < 1.29 is 4.52 Å². The van der Waals surface area contributed by atoms with Crippen molar-refractivity contribution in [2.45, 2.75) is 45.1 Å². The van der Waals surface area contributed by atoms with E-state index in [4.69, 9.17) is 10.3 Å². The van der Waals surface area contributed by atoms with E-state index in [1.807, 2.05) is 27.0 Å². The number of hydrogen-bond donors (Lipinski definition) is 1. The lowest BCUT2D eigenvalue weighted by Crippen LogP contribution is -2.34. The molecule has 3 aromatic rings. The van der Waals surface area contributed by atoms with Crippen LogP contribution >= 0.6 is 0 Å². The maximum Gasteiger partial charge on any atom is 0.259 e. The molecule has 0 atom stereocenters. The highest BCUT2D eigenvalue weighted by Gasteiger charge is 2.36. The Morgan fingerprint density at radius 3 is 2.65 bits per heavy atom. The number of hydrogen-bond acceptors (Lipinski definition) is 6. The second-order valence-electron chi connectivity index (χ2n) is 6.49. The third-order valence-electron chi connectivity index (χ3n) is 4.79. The van der Waals surface area contributed by atoms with E-state index >= 15 is 0 Å². The van der Waals surface area contributed by atoms with Crippen LogP contribution in [0.1, 0.15) is 42.9 Å². The Bertz CT molecular complexity index is 887. The Morgan fingerprint density at radius 2 is 1.91 bits per heavy atom. The normalized spacial score (nSPS) is 17.2. The van der Waals surface area contributed by atoms with Crippen molar-refractivity contribution in [3.63, 3.8) is 0 Å². The van der Waals surface area contributed by atoms with E-state index in [2.05, 4.69) is 20.2 Å². The van der Waals surface area contributed by atoms with Gasteiger partial charge in [0.05, 0.1) is 22.5 Å². The molecule has 1 aliphatic rings. The van der Waals surface area contributed by atoms with Gasteiger partial charge in [-0.1, -0.05) is 18.0 Å². The lowest BCUT2D eigenvalue weighted by molar-refractivity contribution is 0.372. The molecule has 1 fully saturated rings. The van der Waals surface area contributed by atoms with Crippen LogP contribution in [0, 0.1) is 13.8 Å². The summed E-state index contributed by atoms with van der Waals surface area (Å²) in [6, 6.07) is 2.02. The summed E-state index contributed by atoms with van der Waals surface area (Å²) in [5, 5.41) is 9.54. The van der Waals surface area contributed by atoms with Crippen LogP contribution in [0.4, 0.5) is 0 Å². The molecule has 0 bridgehead atoms. The average molecular weight is 312 g/mol. The molecule has 23 heavy (non-hydrogen) atoms. The summed E-state index contributed by atoms with van der Waals surface area (Å²) in [5.41, 5.74) is 9.44. The zero-order valence-corrected chi connectivity index (χ0v) is 13.6. The molecule has 7 heteroatoms. The van der Waals surface area contributed by atoms with Gasteiger partial charge in [-0.15, -0.1) is 0 Å². The van der Waals surface area contributed by atoms with Gasteiger partial charge in [0.2, 0.25) is 0 Å². The SMILES string of the molecule is Cc1nc2c(cc1-c1nc(C3(N)CCCC3)no1)c(C)nn2C. The monoisotopic (exact) mass is 312 g/mol. The van der Waals surface area contributed by atoms with Gasteiger partial charge in [-0.25, -0.2) is 4.98 Å². The van der Waals surface area contributed by atoms with Crippen LogP contribution < -0.4 is 5.73 Å². The zero-order chi connectivity index (χ0) is 16.2. The molecule has 2 N–H and O–H groups in total. The first-order chi connectivity index (χ1) is 11.0. The zero-order valence-electron chi connectivity index (χ0n) is 13.6. The number of aromatic nitrogens is 5. The van der Waals surface area contributed by atoms with Gasteiger partial charge in [-0.05, 0) is 32.8 Å². The van der Waals surface area contributed by atoms with E-state index in [0.717, 1.165) is 53.7 Å². The molecule has 7 nitrogen and oxygen atoms in total. The molecular weight excluding hydrogens is 292 g/mol. The molecule has 0 aliphatic heterocycles. The standard InChI is InChI=1S/C16H20N6O/c1-9-12(8-11-10(2)20-22(3)13(11)18-9)14-19-15(21-23-14)16(17)6-4-5-7-16/h8H,4-7,17H2,1-3H3. The number of fused-ring (bicyclic) bond motifs is 1. The van der Waals surface area contributed by atoms with Gasteiger partial charge in [0.1, 0.15) is 0 Å². The molecule has 1 aliphatic carbocycles. The predicted octanol–water partition coefficient (Wildman–Crippen LogP) is 2.36. The number of pyridine rings is 1. The fraction of sp³-hybridized carbons (Fsp3) is 0.500. The van der Waals surface area contributed by atoms with Gasteiger partial charge in [0.15, 0.2) is 11.5 Å². The van der Waals surface area contributed by atoms with Crippen molar-refractivity contribution in [1.82, 2.24) is 24.9 Å². The predicted molar refractivity (Wildman–Crippen MR) is 85.6 cm³/mol. The first-order valence-corrected chi connectivity index (χ1v) is 7.92. The molecule has 120 valence electrons. The minimum atomic E-state index is -0.447. The molecule has 1 saturated carbocycles. The van der Waals surface area contributed by atoms with Crippen LogP contribution in [0.5, 0.6) is 0 Å². The Morgan fingerprint density at radius 1 is 1.17 bits per heavy atom. The lowest BCUT2D eigenvalue weighted by atomic mass is 9.98. The fourth-order valence-electron chi connectivity index (χ4n) is 3.41. The first kappa shape index (κ1) is 14.3. The molecule has 0 unspecified atom stereocenters. The van der Waals surface area contributed by atoms with E-state index in [1.165, 1.54) is 0 Å². The maximum absolute atomic E-state index is 6.41. The van der Waals surface area contributed by atoms with Gasteiger partial charge in [0, 0.05) is 12.4 Å². The van der Waals surface area contributed by atoms with Crippen LogP contribution in [0.25, 0.3) is 22.5 Å². The molecule has 0 saturated heterocycles. The molecule has 3 heterocycles. The van der Waals surface area contributed by atoms with Crippen LogP contribution in [0.3, 0.4) is 0 Å². The summed E-state index contributed by atoms with van der Waals surface area (Å²) in [6.45, 7) is 3.91. The highest BCUT2D eigenvalue weighted by Crippen LogP contribution is 2.36. The Kier molecular flexibility index (Phi) is 3.02. The van der Waals surface area contributed by atoms with Gasteiger partial charge in [-0.3, -0.25) is 4.68 Å². The largest absolute Gasteiger partial charge is 0.334 e. The summed E-state index contributed by atoms with van der Waals surface area (Å²) in [5.74, 6) is 1.08. The third kappa shape index (κ3) is 2.15. The minimum Gasteiger partial charge on any atom is -0.334 e. The van der Waals surface area contributed by atoms with Crippen molar-refractivity contribution in [2.24, 2.45) is 12.8 Å². The topological polar surface area (TPSA) is 95.7 Å². The van der Waals surface area contributed by atoms with Crippen molar-refractivity contribution in [1.29, 1.82) is 0 Å². The average Bonchev–Trinajstić information content (AvgIpc) is 3.21. The Balaban J connectivity index is 1.82. The van der Waals surface area contributed by atoms with E-state index < -0.39 is 5.54 Å². The molecule has 3 aromatic heterocycles. The summed E-state index contributed by atoms with van der Waals surface area (Å²) in [6.07, 6.45) is 4.04. The van der Waals surface area contributed by atoms with E-state index in [0.29, 0.717) is 11.7 Å². The lowest BCUT2D eigenvalue weighted by Gasteiger charge is -2.17. The van der Waals surface area contributed by atoms with Gasteiger partial charge in [0.25, 0.3) is 5.89 Å². The van der Waals surface area contributed by atoms with Crippen molar-refractivity contribution in [3.8, 4) is 11.5 Å². The summed E-state index contributed by atoms with van der Waals surface area (Å²) >= 11 is 0. The van der Waals surface area contributed by atoms with Gasteiger partial charge in [-0.2, -0.15) is 10.1 Å². The Hall–Kier alpha value is -2.28. The second kappa shape index (κ2) is 4.86. The molecule has 4 rings (SSSR count). The highest BCUT2D eigenvalue weighted by molar-refractivity contribution is 5.83. The quantitative estimate of drug-likeness (QED) is 0.780. The van der Waals surface area contributed by atoms with Crippen molar-refractivity contribution in [3.05, 3.63) is 23.3 Å².